The van der Waals surface area contributed by atoms with Crippen LogP contribution in [-0.2, 0) is 0 Å². The molecule has 1 aromatic carbocycles. The van der Waals surface area contributed by atoms with Gasteiger partial charge in [0, 0.05) is 36.0 Å². The van der Waals surface area contributed by atoms with E-state index in [1.54, 1.807) is 0 Å². The number of non-ortho nitro benzene ring substituents is 1. The minimum Gasteiger partial charge on any atom is -0.389 e. The largest absolute Gasteiger partial charge is 0.389 e. The number of hydrogen-bond donors (Lipinski definition) is 3. The molecule has 0 saturated heterocycles. The molecule has 1 heterocycles. The predicted molar refractivity (Wildman–Crippen MR) is 106 cm³/mol. The van der Waals surface area contributed by atoms with Gasteiger partial charge in [-0.25, -0.2) is 4.98 Å². The fourth-order valence-electron chi connectivity index (χ4n) is 2.95. The first kappa shape index (κ1) is 18.8. The van der Waals surface area contributed by atoms with Gasteiger partial charge in [-0.2, -0.15) is 0 Å². The Labute approximate surface area is 160 Å². The molecule has 0 aliphatic heterocycles. The molecule has 1 aliphatic rings. The van der Waals surface area contributed by atoms with Gasteiger partial charge in [-0.1, -0.05) is 17.4 Å². The fraction of sp³-hybridized carbons (Fsp3) is 0.333. The predicted octanol–water partition coefficient (Wildman–Crippen LogP) is 3.32. The molecule has 4 N–H and O–H groups in total. The highest BCUT2D eigenvalue weighted by molar-refractivity contribution is 7.18. The van der Waals surface area contributed by atoms with Gasteiger partial charge in [0.2, 0.25) is 5.78 Å². The highest BCUT2D eigenvalue weighted by Gasteiger charge is 2.21. The Morgan fingerprint density at radius 3 is 2.74 bits per heavy atom. The van der Waals surface area contributed by atoms with E-state index < -0.39 is 4.92 Å². The van der Waals surface area contributed by atoms with Gasteiger partial charge in [0.15, 0.2) is 5.13 Å². The number of nitro groups is 1. The lowest BCUT2D eigenvalue weighted by atomic mass is 9.99. The standard InChI is InChI=1S/C18H21N5O3S/c1-2-20-12-5-7-13(8-6-12)21-18-22-17(19)16(27-18)15(24)11-3-9-14(10-4-11)23(25)26/h3-5,9-10,13,20H,2,6-8,19H2,1H3,(H,21,22). The normalized spacial score (nSPS) is 16.5. The number of benzene rings is 1. The van der Waals surface area contributed by atoms with Crippen LogP contribution in [0.15, 0.2) is 36.0 Å². The number of carbonyl (C=O) groups excluding carboxylic acids is 1. The number of thiazole rings is 1. The fourth-order valence-corrected chi connectivity index (χ4v) is 3.87. The summed E-state index contributed by atoms with van der Waals surface area (Å²) >= 11 is 1.21. The molecule has 27 heavy (non-hydrogen) atoms. The summed E-state index contributed by atoms with van der Waals surface area (Å²) in [6.07, 6.45) is 5.02. The van der Waals surface area contributed by atoms with E-state index in [2.05, 4.69) is 28.6 Å². The summed E-state index contributed by atoms with van der Waals surface area (Å²) in [5.74, 6) is -0.114. The highest BCUT2D eigenvalue weighted by atomic mass is 32.1. The van der Waals surface area contributed by atoms with Gasteiger partial charge < -0.3 is 16.4 Å². The molecule has 1 atom stereocenters. The van der Waals surface area contributed by atoms with Crippen LogP contribution in [0.25, 0.3) is 0 Å². The van der Waals surface area contributed by atoms with Gasteiger partial charge in [0.1, 0.15) is 10.7 Å². The van der Waals surface area contributed by atoms with Crippen LogP contribution in [-0.4, -0.2) is 28.3 Å². The van der Waals surface area contributed by atoms with E-state index in [1.165, 1.54) is 41.3 Å². The lowest BCUT2D eigenvalue weighted by molar-refractivity contribution is -0.384. The summed E-state index contributed by atoms with van der Waals surface area (Å²) in [4.78, 5) is 27.5. The van der Waals surface area contributed by atoms with E-state index in [-0.39, 0.29) is 23.3 Å². The molecule has 9 heteroatoms. The van der Waals surface area contributed by atoms with Crippen LogP contribution in [0, 0.1) is 10.1 Å². The molecule has 0 spiro atoms. The van der Waals surface area contributed by atoms with Gasteiger partial charge in [-0.05, 0) is 38.3 Å². The first-order valence-electron chi connectivity index (χ1n) is 8.72. The van der Waals surface area contributed by atoms with E-state index >= 15 is 0 Å². The average Bonchev–Trinajstić information content (AvgIpc) is 3.03. The summed E-state index contributed by atoms with van der Waals surface area (Å²) in [5, 5.41) is 18.0. The molecule has 0 bridgehead atoms. The number of ketones is 1. The van der Waals surface area contributed by atoms with E-state index in [0.29, 0.717) is 15.6 Å². The number of nitrogens with two attached hydrogens (primary N) is 1. The van der Waals surface area contributed by atoms with Gasteiger partial charge in [0.25, 0.3) is 5.69 Å². The van der Waals surface area contributed by atoms with Crippen molar-refractivity contribution in [2.24, 2.45) is 0 Å². The molecule has 3 rings (SSSR count). The Morgan fingerprint density at radius 1 is 1.41 bits per heavy atom. The first-order valence-corrected chi connectivity index (χ1v) is 9.54. The number of carbonyl (C=O) groups is 1. The second-order valence-corrected chi connectivity index (χ2v) is 7.24. The number of nitrogens with zero attached hydrogens (tertiary/aromatic N) is 2. The number of hydrogen-bond acceptors (Lipinski definition) is 8. The number of aromatic nitrogens is 1. The zero-order valence-electron chi connectivity index (χ0n) is 14.9. The van der Waals surface area contributed by atoms with Crippen LogP contribution >= 0.6 is 11.3 Å². The molecular formula is C18H21N5O3S. The van der Waals surface area contributed by atoms with E-state index in [9.17, 15) is 14.9 Å². The van der Waals surface area contributed by atoms with Crippen molar-refractivity contribution < 1.29 is 9.72 Å². The van der Waals surface area contributed by atoms with E-state index in [0.717, 1.165) is 25.8 Å². The molecule has 142 valence electrons. The van der Waals surface area contributed by atoms with Gasteiger partial charge >= 0.3 is 0 Å². The molecule has 2 aromatic rings. The van der Waals surface area contributed by atoms with E-state index in [4.69, 9.17) is 5.73 Å². The summed E-state index contributed by atoms with van der Waals surface area (Å²) in [6, 6.07) is 5.72. The molecule has 1 aliphatic carbocycles. The zero-order chi connectivity index (χ0) is 19.4. The van der Waals surface area contributed by atoms with Gasteiger partial charge in [-0.3, -0.25) is 14.9 Å². The number of allylic oxidation sites excluding steroid dienone is 1. The van der Waals surface area contributed by atoms with Crippen molar-refractivity contribution in [3.63, 3.8) is 0 Å². The average molecular weight is 387 g/mol. The maximum absolute atomic E-state index is 12.6. The minimum absolute atomic E-state index is 0.0616. The Balaban J connectivity index is 1.69. The van der Waals surface area contributed by atoms with Gasteiger partial charge in [0.05, 0.1) is 4.92 Å². The van der Waals surface area contributed by atoms with Crippen molar-refractivity contribution in [3.05, 3.63) is 56.6 Å². The van der Waals surface area contributed by atoms with E-state index in [1.807, 2.05) is 0 Å². The monoisotopic (exact) mass is 387 g/mol. The molecule has 1 unspecified atom stereocenters. The summed E-state index contributed by atoms with van der Waals surface area (Å²) in [7, 11) is 0. The summed E-state index contributed by atoms with van der Waals surface area (Å²) < 4.78 is 0. The Hall–Kier alpha value is -2.94. The van der Waals surface area contributed by atoms with Crippen molar-refractivity contribution in [3.8, 4) is 0 Å². The maximum atomic E-state index is 12.6. The first-order chi connectivity index (χ1) is 13.0. The van der Waals surface area contributed by atoms with Crippen LogP contribution in [0.2, 0.25) is 0 Å². The van der Waals surface area contributed by atoms with Crippen molar-refractivity contribution in [1.82, 2.24) is 10.3 Å². The quantitative estimate of drug-likeness (QED) is 0.378. The second kappa shape index (κ2) is 8.17. The van der Waals surface area contributed by atoms with Gasteiger partial charge in [-0.15, -0.1) is 0 Å². The SMILES string of the molecule is CCNC1=CCC(Nc2nc(N)c(C(=O)c3ccc([N+](=O)[O-])cc3)s2)CC1. The summed E-state index contributed by atoms with van der Waals surface area (Å²) in [5.41, 5.74) is 7.48. The Kier molecular flexibility index (Phi) is 5.70. The van der Waals surface area contributed by atoms with Crippen molar-refractivity contribution in [2.45, 2.75) is 32.2 Å². The number of rotatable bonds is 7. The lowest BCUT2D eigenvalue weighted by Gasteiger charge is -2.23. The van der Waals surface area contributed by atoms with Crippen molar-refractivity contribution in [1.29, 1.82) is 0 Å². The molecule has 0 fully saturated rings. The molecule has 0 radical (unpaired) electrons. The third kappa shape index (κ3) is 4.43. The number of nitrogen functional groups attached to an aromatic ring is 1. The highest BCUT2D eigenvalue weighted by Crippen LogP contribution is 2.30. The van der Waals surface area contributed by atoms with Crippen LogP contribution < -0.4 is 16.4 Å². The Morgan fingerprint density at radius 2 is 2.15 bits per heavy atom. The van der Waals surface area contributed by atoms with Crippen molar-refractivity contribution >= 4 is 33.8 Å². The lowest BCUT2D eigenvalue weighted by Crippen LogP contribution is -2.25. The topological polar surface area (TPSA) is 123 Å². The minimum atomic E-state index is -0.503. The van der Waals surface area contributed by atoms with Crippen molar-refractivity contribution in [2.75, 3.05) is 17.6 Å². The smallest absolute Gasteiger partial charge is 0.269 e. The van der Waals surface area contributed by atoms with Crippen LogP contribution in [0.1, 0.15) is 41.4 Å². The third-order valence-electron chi connectivity index (χ3n) is 4.34. The Bertz CT molecular complexity index is 876. The summed E-state index contributed by atoms with van der Waals surface area (Å²) in [6.45, 7) is 2.99. The molecular weight excluding hydrogens is 366 g/mol. The molecule has 0 amide bonds. The molecule has 1 aromatic heterocycles. The second-order valence-electron chi connectivity index (χ2n) is 6.24. The third-order valence-corrected chi connectivity index (χ3v) is 5.34. The number of nitro benzene ring substituents is 1. The molecule has 0 saturated carbocycles. The maximum Gasteiger partial charge on any atom is 0.269 e. The van der Waals surface area contributed by atoms with Crippen LogP contribution in [0.4, 0.5) is 16.6 Å². The number of anilines is 2. The van der Waals surface area contributed by atoms with Crippen LogP contribution in [0.5, 0.6) is 0 Å². The molecule has 8 nitrogen and oxygen atoms in total. The zero-order valence-corrected chi connectivity index (χ0v) is 15.7. The number of nitrogens with one attached hydrogen (secondary N) is 2. The van der Waals surface area contributed by atoms with Crippen LogP contribution in [0.3, 0.4) is 0 Å².